The molecule has 3 rings (SSSR count). The van der Waals surface area contributed by atoms with Crippen molar-refractivity contribution in [2.75, 3.05) is 11.1 Å². The number of amides is 1. The van der Waals surface area contributed by atoms with E-state index < -0.39 is 0 Å². The van der Waals surface area contributed by atoms with Gasteiger partial charge in [0.05, 0.1) is 5.69 Å². The lowest BCUT2D eigenvalue weighted by Crippen LogP contribution is -2.12. The van der Waals surface area contributed by atoms with Crippen molar-refractivity contribution in [3.05, 3.63) is 40.4 Å². The van der Waals surface area contributed by atoms with E-state index in [1.165, 1.54) is 33.9 Å². The number of anilines is 1. The topological polar surface area (TPSA) is 42.0 Å². The van der Waals surface area contributed by atoms with Crippen molar-refractivity contribution >= 4 is 34.1 Å². The molecule has 1 N–H and O–H groups in total. The average Bonchev–Trinajstić information content (AvgIpc) is 2.91. The Balaban J connectivity index is 1.46. The summed E-state index contributed by atoms with van der Waals surface area (Å²) in [5.41, 5.74) is 2.45. The van der Waals surface area contributed by atoms with Crippen LogP contribution >= 0.6 is 23.1 Å². The van der Waals surface area contributed by atoms with E-state index in [4.69, 9.17) is 0 Å². The third-order valence-electron chi connectivity index (χ3n) is 3.71. The Morgan fingerprint density at radius 1 is 1.27 bits per heavy atom. The number of carbonyl (C=O) groups is 1. The quantitative estimate of drug-likeness (QED) is 0.823. The molecule has 0 fully saturated rings. The molecule has 1 aromatic carbocycles. The van der Waals surface area contributed by atoms with Gasteiger partial charge in [0.1, 0.15) is 0 Å². The van der Waals surface area contributed by atoms with Crippen molar-refractivity contribution < 1.29 is 4.79 Å². The van der Waals surface area contributed by atoms with Crippen LogP contribution in [0.4, 0.5) is 5.13 Å². The second kappa shape index (κ2) is 7.29. The molecule has 1 heterocycles. The third kappa shape index (κ3) is 4.11. The molecular formula is C17H20N2OS2. The Morgan fingerprint density at radius 2 is 2.05 bits per heavy atom. The molecule has 0 spiro atoms. The minimum absolute atomic E-state index is 0.0608. The number of benzene rings is 1. The van der Waals surface area contributed by atoms with Crippen molar-refractivity contribution in [2.24, 2.45) is 0 Å². The number of nitrogens with one attached hydrogen (secondary N) is 1. The summed E-state index contributed by atoms with van der Waals surface area (Å²) in [6, 6.07) is 8.41. The molecule has 1 aromatic heterocycles. The maximum Gasteiger partial charge on any atom is 0.226 e. The zero-order valence-electron chi connectivity index (χ0n) is 12.7. The number of hydrogen-bond donors (Lipinski definition) is 1. The van der Waals surface area contributed by atoms with Gasteiger partial charge in [-0.15, -0.1) is 23.1 Å². The second-order valence-corrected chi connectivity index (χ2v) is 7.81. The van der Waals surface area contributed by atoms with Gasteiger partial charge in [0.2, 0.25) is 5.91 Å². The van der Waals surface area contributed by atoms with Gasteiger partial charge in [-0.1, -0.05) is 17.7 Å². The molecule has 0 unspecified atom stereocenters. The number of thioether (sulfide) groups is 1. The van der Waals surface area contributed by atoms with Gasteiger partial charge >= 0.3 is 0 Å². The van der Waals surface area contributed by atoms with E-state index in [1.807, 2.05) is 0 Å². The normalized spacial score (nSPS) is 13.7. The summed E-state index contributed by atoms with van der Waals surface area (Å²) in [6.45, 7) is 2.08. The first-order valence-corrected chi connectivity index (χ1v) is 9.49. The standard InChI is InChI=1S/C17H20N2OS2/c1-12-6-8-13(9-7-12)21-11-10-16(20)19-17-18-14-4-2-3-5-15(14)22-17/h6-9H,2-5,10-11H2,1H3,(H,18,19,20). The molecule has 0 bridgehead atoms. The number of aromatic nitrogens is 1. The van der Waals surface area contributed by atoms with Crippen LogP contribution in [-0.2, 0) is 17.6 Å². The van der Waals surface area contributed by atoms with Crippen LogP contribution < -0.4 is 5.32 Å². The molecule has 2 aromatic rings. The van der Waals surface area contributed by atoms with Gasteiger partial charge in [0.15, 0.2) is 5.13 Å². The zero-order valence-corrected chi connectivity index (χ0v) is 14.4. The van der Waals surface area contributed by atoms with E-state index in [0.717, 1.165) is 23.7 Å². The van der Waals surface area contributed by atoms with Crippen molar-refractivity contribution in [3.8, 4) is 0 Å². The van der Waals surface area contributed by atoms with E-state index in [0.29, 0.717) is 6.42 Å². The number of fused-ring (bicyclic) bond motifs is 1. The van der Waals surface area contributed by atoms with Crippen LogP contribution in [-0.4, -0.2) is 16.6 Å². The Hall–Kier alpha value is -1.33. The van der Waals surface area contributed by atoms with Gasteiger partial charge in [0, 0.05) is 21.9 Å². The molecule has 0 aliphatic heterocycles. The number of hydrogen-bond acceptors (Lipinski definition) is 4. The minimum Gasteiger partial charge on any atom is -0.302 e. The van der Waals surface area contributed by atoms with Gasteiger partial charge in [0.25, 0.3) is 0 Å². The van der Waals surface area contributed by atoms with Crippen molar-refractivity contribution in [1.82, 2.24) is 4.98 Å². The summed E-state index contributed by atoms with van der Waals surface area (Å²) >= 11 is 3.36. The maximum atomic E-state index is 12.0. The zero-order chi connectivity index (χ0) is 15.4. The lowest BCUT2D eigenvalue weighted by Gasteiger charge is -2.06. The van der Waals surface area contributed by atoms with Gasteiger partial charge in [-0.3, -0.25) is 4.79 Å². The van der Waals surface area contributed by atoms with Gasteiger partial charge in [-0.2, -0.15) is 0 Å². The Labute approximate surface area is 139 Å². The lowest BCUT2D eigenvalue weighted by molar-refractivity contribution is -0.115. The van der Waals surface area contributed by atoms with Crippen LogP contribution in [0, 0.1) is 6.92 Å². The van der Waals surface area contributed by atoms with Crippen molar-refractivity contribution in [3.63, 3.8) is 0 Å². The average molecular weight is 332 g/mol. The van der Waals surface area contributed by atoms with Crippen molar-refractivity contribution in [1.29, 1.82) is 0 Å². The van der Waals surface area contributed by atoms with E-state index in [9.17, 15) is 4.79 Å². The van der Waals surface area contributed by atoms with E-state index >= 15 is 0 Å². The fourth-order valence-corrected chi connectivity index (χ4v) is 4.40. The summed E-state index contributed by atoms with van der Waals surface area (Å²) in [7, 11) is 0. The Kier molecular flexibility index (Phi) is 5.16. The van der Waals surface area contributed by atoms with Crippen LogP contribution in [0.25, 0.3) is 0 Å². The van der Waals surface area contributed by atoms with Crippen LogP contribution in [0.1, 0.15) is 35.4 Å². The van der Waals surface area contributed by atoms with Gasteiger partial charge in [-0.05, 0) is 44.7 Å². The summed E-state index contributed by atoms with van der Waals surface area (Å²) in [5.74, 6) is 0.852. The minimum atomic E-state index is 0.0608. The lowest BCUT2D eigenvalue weighted by atomic mass is 10.0. The molecule has 116 valence electrons. The van der Waals surface area contributed by atoms with Crippen LogP contribution in [0.3, 0.4) is 0 Å². The fraction of sp³-hybridized carbons (Fsp3) is 0.412. The maximum absolute atomic E-state index is 12.0. The molecule has 1 aliphatic carbocycles. The number of nitrogens with zero attached hydrogens (tertiary/aromatic N) is 1. The van der Waals surface area contributed by atoms with E-state index in [-0.39, 0.29) is 5.91 Å². The predicted octanol–water partition coefficient (Wildman–Crippen LogP) is 4.45. The number of carbonyl (C=O) groups excluding carboxylic acids is 1. The molecule has 0 saturated heterocycles. The predicted molar refractivity (Wildman–Crippen MR) is 93.9 cm³/mol. The second-order valence-electron chi connectivity index (χ2n) is 5.56. The first-order chi connectivity index (χ1) is 10.7. The summed E-state index contributed by atoms with van der Waals surface area (Å²) in [5, 5.41) is 3.72. The molecule has 5 heteroatoms. The van der Waals surface area contributed by atoms with Gasteiger partial charge < -0.3 is 5.32 Å². The Bertz CT molecular complexity index is 626. The summed E-state index contributed by atoms with van der Waals surface area (Å²) in [4.78, 5) is 19.1. The highest BCUT2D eigenvalue weighted by Crippen LogP contribution is 2.29. The fourth-order valence-electron chi connectivity index (χ4n) is 2.48. The molecule has 0 atom stereocenters. The molecule has 1 aliphatic rings. The molecule has 22 heavy (non-hydrogen) atoms. The highest BCUT2D eigenvalue weighted by atomic mass is 32.2. The van der Waals surface area contributed by atoms with Crippen molar-refractivity contribution in [2.45, 2.75) is 43.9 Å². The number of aryl methyl sites for hydroxylation is 3. The Morgan fingerprint density at radius 3 is 2.82 bits per heavy atom. The third-order valence-corrected chi connectivity index (χ3v) is 5.80. The molecule has 1 amide bonds. The number of thiazole rings is 1. The van der Waals surface area contributed by atoms with E-state index in [1.54, 1.807) is 23.1 Å². The first kappa shape index (κ1) is 15.6. The first-order valence-electron chi connectivity index (χ1n) is 7.68. The molecular weight excluding hydrogens is 312 g/mol. The largest absolute Gasteiger partial charge is 0.302 e. The highest BCUT2D eigenvalue weighted by molar-refractivity contribution is 7.99. The SMILES string of the molecule is Cc1ccc(SCCC(=O)Nc2nc3c(s2)CCCC3)cc1. The monoisotopic (exact) mass is 332 g/mol. The van der Waals surface area contributed by atoms with E-state index in [2.05, 4.69) is 41.5 Å². The van der Waals surface area contributed by atoms with Crippen LogP contribution in [0.2, 0.25) is 0 Å². The molecule has 0 saturated carbocycles. The smallest absolute Gasteiger partial charge is 0.226 e. The summed E-state index contributed by atoms with van der Waals surface area (Å²) < 4.78 is 0. The van der Waals surface area contributed by atoms with Crippen LogP contribution in [0.5, 0.6) is 0 Å². The molecule has 0 radical (unpaired) electrons. The number of rotatable bonds is 5. The molecule has 3 nitrogen and oxygen atoms in total. The van der Waals surface area contributed by atoms with Crippen LogP contribution in [0.15, 0.2) is 29.2 Å². The summed E-state index contributed by atoms with van der Waals surface area (Å²) in [6.07, 6.45) is 5.16. The highest BCUT2D eigenvalue weighted by Gasteiger charge is 2.16. The van der Waals surface area contributed by atoms with Gasteiger partial charge in [-0.25, -0.2) is 4.98 Å².